The molecule has 1 amide bonds. The van der Waals surface area contributed by atoms with Gasteiger partial charge in [-0.05, 0) is 45.9 Å². The first kappa shape index (κ1) is 20.9. The molecule has 0 radical (unpaired) electrons. The number of benzene rings is 2. The number of esters is 1. The lowest BCUT2D eigenvalue weighted by Crippen LogP contribution is -2.28. The largest absolute Gasteiger partial charge is 0.459 e. The Balaban J connectivity index is 2.18. The maximum atomic E-state index is 14.1. The van der Waals surface area contributed by atoms with E-state index in [1.807, 2.05) is 0 Å². The van der Waals surface area contributed by atoms with Gasteiger partial charge in [0.25, 0.3) is 5.91 Å². The number of anilines is 1. The van der Waals surface area contributed by atoms with Crippen LogP contribution in [0.15, 0.2) is 47.4 Å². The minimum Gasteiger partial charge on any atom is -0.459 e. The van der Waals surface area contributed by atoms with E-state index in [4.69, 9.17) is 4.74 Å². The van der Waals surface area contributed by atoms with Crippen LogP contribution >= 0.6 is 11.8 Å². The van der Waals surface area contributed by atoms with Crippen molar-refractivity contribution in [3.8, 4) is 0 Å². The molecule has 7 heteroatoms. The molecule has 1 unspecified atom stereocenters. The average Bonchev–Trinajstić information content (AvgIpc) is 2.58. The van der Waals surface area contributed by atoms with Gasteiger partial charge in [-0.25, -0.2) is 8.78 Å². The van der Waals surface area contributed by atoms with E-state index in [1.54, 1.807) is 58.0 Å². The zero-order chi connectivity index (χ0) is 20.2. The summed E-state index contributed by atoms with van der Waals surface area (Å²) >= 11 is 0.897. The highest BCUT2D eigenvalue weighted by atomic mass is 32.2. The van der Waals surface area contributed by atoms with Gasteiger partial charge in [0.15, 0.2) is 0 Å². The van der Waals surface area contributed by atoms with Gasteiger partial charge >= 0.3 is 5.97 Å². The lowest BCUT2D eigenvalue weighted by atomic mass is 10.2. The van der Waals surface area contributed by atoms with E-state index in [0.29, 0.717) is 11.6 Å². The molecule has 0 saturated heterocycles. The second kappa shape index (κ2) is 8.52. The highest BCUT2D eigenvalue weighted by Gasteiger charge is 2.24. The topological polar surface area (TPSA) is 55.4 Å². The molecule has 2 rings (SSSR count). The predicted molar refractivity (Wildman–Crippen MR) is 102 cm³/mol. The Morgan fingerprint density at radius 1 is 1.07 bits per heavy atom. The van der Waals surface area contributed by atoms with Gasteiger partial charge in [0.05, 0.1) is 5.69 Å². The molecular formula is C20H21F2NO3S. The summed E-state index contributed by atoms with van der Waals surface area (Å²) in [4.78, 5) is 24.3. The molecule has 0 aromatic heterocycles. The summed E-state index contributed by atoms with van der Waals surface area (Å²) in [6, 6.07) is 10.1. The van der Waals surface area contributed by atoms with E-state index in [2.05, 4.69) is 5.32 Å². The van der Waals surface area contributed by atoms with Crippen LogP contribution in [-0.2, 0) is 9.53 Å². The van der Waals surface area contributed by atoms with Crippen LogP contribution in [-0.4, -0.2) is 22.7 Å². The van der Waals surface area contributed by atoms with Crippen LogP contribution in [0.3, 0.4) is 0 Å². The Bertz CT molecular complexity index is 835. The molecule has 1 N–H and O–H groups in total. The fourth-order valence-electron chi connectivity index (χ4n) is 2.12. The number of thioether (sulfide) groups is 1. The quantitative estimate of drug-likeness (QED) is 0.571. The van der Waals surface area contributed by atoms with Gasteiger partial charge < -0.3 is 10.1 Å². The van der Waals surface area contributed by atoms with Crippen LogP contribution in [0.2, 0.25) is 0 Å². The van der Waals surface area contributed by atoms with Crippen molar-refractivity contribution in [1.29, 1.82) is 0 Å². The van der Waals surface area contributed by atoms with Crippen molar-refractivity contribution < 1.29 is 23.1 Å². The third-order valence-electron chi connectivity index (χ3n) is 3.35. The maximum absolute atomic E-state index is 14.1. The molecule has 0 fully saturated rings. The molecule has 0 bridgehead atoms. The van der Waals surface area contributed by atoms with Gasteiger partial charge in [-0.3, -0.25) is 9.59 Å². The molecule has 2 aromatic rings. The van der Waals surface area contributed by atoms with Crippen LogP contribution in [0, 0.1) is 11.6 Å². The summed E-state index contributed by atoms with van der Waals surface area (Å²) in [5.41, 5.74) is -0.482. The Kier molecular flexibility index (Phi) is 6.59. The molecule has 0 heterocycles. The highest BCUT2D eigenvalue weighted by molar-refractivity contribution is 8.00. The molecular weight excluding hydrogens is 372 g/mol. The molecule has 4 nitrogen and oxygen atoms in total. The Morgan fingerprint density at radius 2 is 1.70 bits per heavy atom. The fraction of sp³-hybridized carbons (Fsp3) is 0.300. The van der Waals surface area contributed by atoms with Gasteiger partial charge in [0.2, 0.25) is 0 Å². The predicted octanol–water partition coefficient (Wildman–Crippen LogP) is 5.04. The summed E-state index contributed by atoms with van der Waals surface area (Å²) in [6.07, 6.45) is 0. The minimum absolute atomic E-state index is 0.0399. The van der Waals surface area contributed by atoms with Crippen molar-refractivity contribution >= 4 is 29.3 Å². The van der Waals surface area contributed by atoms with E-state index in [1.165, 1.54) is 6.07 Å². The molecule has 1 atom stereocenters. The van der Waals surface area contributed by atoms with Gasteiger partial charge in [0, 0.05) is 16.5 Å². The summed E-state index contributed by atoms with van der Waals surface area (Å²) in [5.74, 6) is -2.74. The second-order valence-electron chi connectivity index (χ2n) is 6.88. The van der Waals surface area contributed by atoms with Crippen molar-refractivity contribution in [2.24, 2.45) is 0 Å². The number of ether oxygens (including phenoxy) is 1. The monoisotopic (exact) mass is 393 g/mol. The van der Waals surface area contributed by atoms with E-state index in [9.17, 15) is 18.4 Å². The number of halogens is 2. The van der Waals surface area contributed by atoms with Gasteiger partial charge in [-0.15, -0.1) is 11.8 Å². The highest BCUT2D eigenvalue weighted by Crippen LogP contribution is 2.31. The zero-order valence-corrected chi connectivity index (χ0v) is 16.3. The number of carbonyl (C=O) groups excluding carboxylic acids is 2. The van der Waals surface area contributed by atoms with Crippen molar-refractivity contribution in [1.82, 2.24) is 0 Å². The van der Waals surface area contributed by atoms with E-state index in [-0.39, 0.29) is 10.6 Å². The van der Waals surface area contributed by atoms with Gasteiger partial charge in [-0.1, -0.05) is 18.2 Å². The Labute approximate surface area is 161 Å². The van der Waals surface area contributed by atoms with Crippen molar-refractivity contribution in [3.05, 3.63) is 59.7 Å². The number of rotatable bonds is 5. The lowest BCUT2D eigenvalue weighted by Gasteiger charge is -2.22. The van der Waals surface area contributed by atoms with Crippen molar-refractivity contribution in [3.63, 3.8) is 0 Å². The zero-order valence-electron chi connectivity index (χ0n) is 15.5. The number of hydrogen-bond acceptors (Lipinski definition) is 4. The molecule has 144 valence electrons. The Hall–Kier alpha value is -2.41. The molecule has 2 aromatic carbocycles. The van der Waals surface area contributed by atoms with Crippen LogP contribution in [0.25, 0.3) is 0 Å². The Morgan fingerprint density at radius 3 is 2.30 bits per heavy atom. The van der Waals surface area contributed by atoms with E-state index in [0.717, 1.165) is 11.8 Å². The van der Waals surface area contributed by atoms with Gasteiger partial charge in [0.1, 0.15) is 22.5 Å². The maximum Gasteiger partial charge on any atom is 0.319 e. The lowest BCUT2D eigenvalue weighted by molar-refractivity contribution is -0.153. The minimum atomic E-state index is -0.897. The standard InChI is InChI=1S/C20H21F2NO3S/c1-12(19(25)26-20(2,3)4)27-17-11-16(14(21)10-15(17)22)23-18(24)13-8-6-5-7-9-13/h5-12H,1-4H3,(H,23,24). The number of nitrogens with one attached hydrogen (secondary N) is 1. The van der Waals surface area contributed by atoms with Crippen LogP contribution in [0.1, 0.15) is 38.1 Å². The molecule has 0 aliphatic heterocycles. The number of amides is 1. The third kappa shape index (κ3) is 6.06. The number of hydrogen-bond donors (Lipinski definition) is 1. The van der Waals surface area contributed by atoms with Crippen LogP contribution in [0.4, 0.5) is 14.5 Å². The fourth-order valence-corrected chi connectivity index (χ4v) is 3.01. The smallest absolute Gasteiger partial charge is 0.319 e. The average molecular weight is 393 g/mol. The van der Waals surface area contributed by atoms with Crippen molar-refractivity contribution in [2.75, 3.05) is 5.32 Å². The first-order valence-electron chi connectivity index (χ1n) is 8.32. The normalized spacial score (nSPS) is 12.4. The summed E-state index contributed by atoms with van der Waals surface area (Å²) in [7, 11) is 0. The second-order valence-corrected chi connectivity index (χ2v) is 8.26. The molecule has 0 aliphatic rings. The summed E-state index contributed by atoms with van der Waals surface area (Å²) in [6.45, 7) is 6.78. The SMILES string of the molecule is CC(Sc1cc(NC(=O)c2ccccc2)c(F)cc1F)C(=O)OC(C)(C)C. The molecule has 27 heavy (non-hydrogen) atoms. The molecule has 0 spiro atoms. The first-order chi connectivity index (χ1) is 12.6. The third-order valence-corrected chi connectivity index (χ3v) is 4.46. The molecule has 0 aliphatic carbocycles. The van der Waals surface area contributed by atoms with Crippen LogP contribution in [0.5, 0.6) is 0 Å². The van der Waals surface area contributed by atoms with Crippen LogP contribution < -0.4 is 5.32 Å². The first-order valence-corrected chi connectivity index (χ1v) is 9.20. The van der Waals surface area contributed by atoms with Crippen molar-refractivity contribution in [2.45, 2.75) is 43.4 Å². The summed E-state index contributed by atoms with van der Waals surface area (Å²) < 4.78 is 33.5. The number of carbonyl (C=O) groups is 2. The van der Waals surface area contributed by atoms with E-state index < -0.39 is 34.4 Å². The van der Waals surface area contributed by atoms with E-state index >= 15 is 0 Å². The summed E-state index contributed by atoms with van der Waals surface area (Å²) in [5, 5.41) is 1.72. The van der Waals surface area contributed by atoms with Gasteiger partial charge in [-0.2, -0.15) is 0 Å². The molecule has 0 saturated carbocycles.